The number of aromatic nitrogens is 2. The molecule has 1 saturated heterocycles. The van der Waals surface area contributed by atoms with Gasteiger partial charge in [0.1, 0.15) is 11.4 Å². The van der Waals surface area contributed by atoms with E-state index >= 15 is 0 Å². The number of benzene rings is 1. The van der Waals surface area contributed by atoms with Crippen molar-refractivity contribution in [2.24, 2.45) is 11.3 Å². The van der Waals surface area contributed by atoms with Gasteiger partial charge in [0.25, 0.3) is 5.91 Å². The molecule has 206 valence electrons. The van der Waals surface area contributed by atoms with Gasteiger partial charge in [-0.1, -0.05) is 23.7 Å². The average molecular weight is 564 g/mol. The van der Waals surface area contributed by atoms with Crippen molar-refractivity contribution in [3.63, 3.8) is 0 Å². The Balaban J connectivity index is 1.26. The molecule has 3 fully saturated rings. The first kappa shape index (κ1) is 27.3. The molecule has 38 heavy (non-hydrogen) atoms. The number of aliphatic hydroxyl groups excluding tert-OH is 1. The molecule has 10 nitrogen and oxygen atoms in total. The van der Waals surface area contributed by atoms with E-state index in [0.29, 0.717) is 59.3 Å². The number of carbonyl (C=O) groups excluding carboxylic acids is 1. The third-order valence-corrected chi connectivity index (χ3v) is 8.95. The first-order valence-electron chi connectivity index (χ1n) is 13.3. The lowest BCUT2D eigenvalue weighted by Crippen LogP contribution is -2.33. The van der Waals surface area contributed by atoms with E-state index < -0.39 is 8.25 Å². The van der Waals surface area contributed by atoms with Crippen LogP contribution >= 0.6 is 19.9 Å². The van der Waals surface area contributed by atoms with Gasteiger partial charge in [0.15, 0.2) is 0 Å². The molecule has 1 spiro atoms. The van der Waals surface area contributed by atoms with Gasteiger partial charge in [-0.2, -0.15) is 4.98 Å². The van der Waals surface area contributed by atoms with E-state index in [1.807, 2.05) is 6.07 Å². The van der Waals surface area contributed by atoms with Crippen molar-refractivity contribution >= 4 is 37.5 Å². The largest absolute Gasteiger partial charge is 0.392 e. The van der Waals surface area contributed by atoms with Crippen LogP contribution in [0.1, 0.15) is 66.4 Å². The first-order valence-corrected chi connectivity index (χ1v) is 14.9. The maximum Gasteiger partial charge on any atom is 0.316 e. The Bertz CT molecular complexity index is 1190. The molecule has 2 aromatic rings. The molecule has 1 amide bonds. The predicted octanol–water partition coefficient (Wildman–Crippen LogP) is 3.91. The highest BCUT2D eigenvalue weighted by molar-refractivity contribution is 7.32. The summed E-state index contributed by atoms with van der Waals surface area (Å²) in [7, 11) is -2.92. The number of nitrogens with zero attached hydrogens (tertiary/aromatic N) is 3. The molecule has 0 bridgehead atoms. The van der Waals surface area contributed by atoms with Gasteiger partial charge >= 0.3 is 8.25 Å². The van der Waals surface area contributed by atoms with Crippen molar-refractivity contribution in [3.05, 3.63) is 46.1 Å². The van der Waals surface area contributed by atoms with Gasteiger partial charge in [-0.15, -0.1) is 0 Å². The second kappa shape index (κ2) is 11.9. The number of hydrogen-bond donors (Lipinski definition) is 4. The van der Waals surface area contributed by atoms with Crippen molar-refractivity contribution < 1.29 is 23.9 Å². The fraction of sp³-hybridized carbons (Fsp3) is 0.577. The summed E-state index contributed by atoms with van der Waals surface area (Å²) in [4.78, 5) is 33.8. The fourth-order valence-electron chi connectivity index (χ4n) is 5.46. The molecule has 1 unspecified atom stereocenters. The minimum Gasteiger partial charge on any atom is -0.392 e. The van der Waals surface area contributed by atoms with E-state index in [0.717, 1.165) is 37.9 Å². The summed E-state index contributed by atoms with van der Waals surface area (Å²) < 4.78 is 16.0. The molecular formula is C26H35ClN5O5P. The monoisotopic (exact) mass is 563 g/mol. The molecule has 5 rings (SSSR count). The van der Waals surface area contributed by atoms with Crippen LogP contribution in [0.2, 0.25) is 5.02 Å². The van der Waals surface area contributed by atoms with Gasteiger partial charge < -0.3 is 30.1 Å². The lowest BCUT2D eigenvalue weighted by atomic mass is 9.87. The quantitative estimate of drug-likeness (QED) is 0.317. The number of amides is 1. The molecule has 2 aliphatic carbocycles. The third-order valence-electron chi connectivity index (χ3n) is 8.06. The third kappa shape index (κ3) is 6.66. The Morgan fingerprint density at radius 2 is 2.03 bits per heavy atom. The van der Waals surface area contributed by atoms with E-state index in [1.54, 1.807) is 18.3 Å². The van der Waals surface area contributed by atoms with Crippen LogP contribution in [0.25, 0.3) is 0 Å². The van der Waals surface area contributed by atoms with Gasteiger partial charge in [-0.25, -0.2) is 4.98 Å². The number of halogens is 1. The smallest absolute Gasteiger partial charge is 0.316 e. The van der Waals surface area contributed by atoms with Crippen LogP contribution in [0.4, 0.5) is 11.8 Å². The summed E-state index contributed by atoms with van der Waals surface area (Å²) in [5.74, 6) is 1.13. The molecule has 0 radical (unpaired) electrons. The zero-order valence-electron chi connectivity index (χ0n) is 21.3. The first-order chi connectivity index (χ1) is 18.3. The number of nitrogens with one attached hydrogen (secondary N) is 2. The highest BCUT2D eigenvalue weighted by atomic mass is 35.5. The molecule has 3 aliphatic rings. The van der Waals surface area contributed by atoms with E-state index in [1.165, 1.54) is 12.8 Å². The Labute approximate surface area is 228 Å². The van der Waals surface area contributed by atoms with Crippen molar-refractivity contribution in [1.29, 1.82) is 0 Å². The van der Waals surface area contributed by atoms with Gasteiger partial charge in [0.2, 0.25) is 5.95 Å². The molecule has 1 aliphatic heterocycles. The highest BCUT2D eigenvalue weighted by Gasteiger charge is 2.48. The Hall–Kier alpha value is -2.23. The van der Waals surface area contributed by atoms with Crippen LogP contribution in [0.15, 0.2) is 24.4 Å². The summed E-state index contributed by atoms with van der Waals surface area (Å²) in [5.41, 5.74) is 2.37. The van der Waals surface area contributed by atoms with Gasteiger partial charge in [0.05, 0.1) is 12.7 Å². The minimum absolute atomic E-state index is 0.125. The van der Waals surface area contributed by atoms with Gasteiger partial charge in [0, 0.05) is 37.4 Å². The Morgan fingerprint density at radius 1 is 1.24 bits per heavy atom. The maximum absolute atomic E-state index is 13.2. The topological polar surface area (TPSA) is 137 Å². The summed E-state index contributed by atoms with van der Waals surface area (Å²) >= 11 is 6.27. The summed E-state index contributed by atoms with van der Waals surface area (Å²) in [6.45, 7) is 2.66. The van der Waals surface area contributed by atoms with Crippen molar-refractivity contribution in [2.45, 2.75) is 64.2 Å². The van der Waals surface area contributed by atoms with Crippen LogP contribution < -0.4 is 15.5 Å². The molecule has 12 heteroatoms. The van der Waals surface area contributed by atoms with Crippen LogP contribution in [-0.2, 0) is 22.2 Å². The molecule has 1 atom stereocenters. The number of rotatable bonds is 10. The summed E-state index contributed by atoms with van der Waals surface area (Å²) in [6, 6.07) is 5.47. The van der Waals surface area contributed by atoms with Gasteiger partial charge in [-0.05, 0) is 73.5 Å². The minimum atomic E-state index is -2.92. The molecule has 1 aromatic heterocycles. The second-order valence-corrected chi connectivity index (χ2v) is 12.0. The lowest BCUT2D eigenvalue weighted by molar-refractivity contribution is 0.0928. The zero-order chi connectivity index (χ0) is 26.7. The van der Waals surface area contributed by atoms with Gasteiger partial charge in [-0.3, -0.25) is 9.36 Å². The average Bonchev–Trinajstić information content (AvgIpc) is 3.54. The van der Waals surface area contributed by atoms with Crippen LogP contribution in [0.5, 0.6) is 0 Å². The highest BCUT2D eigenvalue weighted by Crippen LogP contribution is 2.53. The normalized spacial score (nSPS) is 22.9. The van der Waals surface area contributed by atoms with E-state index in [-0.39, 0.29) is 24.5 Å². The second-order valence-electron chi connectivity index (χ2n) is 10.8. The summed E-state index contributed by atoms with van der Waals surface area (Å²) in [5, 5.41) is 16.2. The van der Waals surface area contributed by atoms with Crippen molar-refractivity contribution in [3.8, 4) is 0 Å². The summed E-state index contributed by atoms with van der Waals surface area (Å²) in [6.07, 6.45) is 8.14. The number of anilines is 2. The SMILES string of the molecule is O=C(NC[C@H]1CC[C@H](O[PH](=O)O)CC1)c1cnc(N2CCC3(CC3)C2)nc1NCc1ccc(CO)c(Cl)c1. The standard InChI is InChI=1S/C26H35ClN5O5P/c27-22-11-18(1-4-19(22)15-33)13-28-23-21(14-30-25(31-23)32-10-9-26(16-32)7-8-26)24(34)29-12-17-2-5-20(6-3-17)37-38(35)36/h1,4,11,14,17,20,33,38H,2-3,5-10,12-13,15-16H2,(H,29,34)(H,35,36)(H,28,30,31)/t17-,20-. The Morgan fingerprint density at radius 3 is 2.68 bits per heavy atom. The van der Waals surface area contributed by atoms with E-state index in [2.05, 4.69) is 20.5 Å². The molecular weight excluding hydrogens is 529 g/mol. The predicted molar refractivity (Wildman–Crippen MR) is 146 cm³/mol. The lowest BCUT2D eigenvalue weighted by Gasteiger charge is -2.27. The Kier molecular flexibility index (Phi) is 8.55. The zero-order valence-corrected chi connectivity index (χ0v) is 23.0. The molecule has 2 saturated carbocycles. The van der Waals surface area contributed by atoms with Crippen molar-refractivity contribution in [1.82, 2.24) is 15.3 Å². The number of hydrogen-bond acceptors (Lipinski definition) is 8. The fourth-order valence-corrected chi connectivity index (χ4v) is 6.24. The number of carbonyl (C=O) groups is 1. The molecule has 2 heterocycles. The van der Waals surface area contributed by atoms with Crippen LogP contribution in [0, 0.1) is 11.3 Å². The van der Waals surface area contributed by atoms with E-state index in [4.69, 9.17) is 26.0 Å². The van der Waals surface area contributed by atoms with E-state index in [9.17, 15) is 14.5 Å². The number of aliphatic hydroxyl groups is 1. The molecule has 1 aromatic carbocycles. The van der Waals surface area contributed by atoms with Crippen LogP contribution in [-0.4, -0.2) is 51.6 Å². The van der Waals surface area contributed by atoms with Crippen LogP contribution in [0.3, 0.4) is 0 Å². The molecule has 4 N–H and O–H groups in total. The maximum atomic E-state index is 13.2. The van der Waals surface area contributed by atoms with Crippen molar-refractivity contribution in [2.75, 3.05) is 29.9 Å².